The molecule has 1 amide bonds. The number of nitrogens with one attached hydrogen (secondary N) is 1. The Balaban J connectivity index is 2.04. The third-order valence-corrected chi connectivity index (χ3v) is 8.96. The van der Waals surface area contributed by atoms with Crippen LogP contribution in [0.4, 0.5) is 0 Å². The summed E-state index contributed by atoms with van der Waals surface area (Å²) >= 11 is 0. The van der Waals surface area contributed by atoms with Gasteiger partial charge in [-0.15, -0.1) is 0 Å². The SMILES string of the molecule is Cc1ccc2c(-c3ccccc3C(=O)N(C)CCCC(=O)C(C)C)c3ccc(=N)c(S(=O)(=O)O)c-3oc2c1S(=O)(=O)O. The van der Waals surface area contributed by atoms with Crippen molar-refractivity contribution in [3.8, 4) is 22.5 Å². The molecule has 2 aliphatic rings. The van der Waals surface area contributed by atoms with E-state index in [1.54, 1.807) is 45.2 Å². The molecule has 222 valence electrons. The molecule has 0 unspecified atom stereocenters. The highest BCUT2D eigenvalue weighted by atomic mass is 32.2. The number of Topliss-reactive ketones (excluding diaryl/α,β-unsaturated/α-hetero) is 1. The van der Waals surface area contributed by atoms with Crippen molar-refractivity contribution in [2.75, 3.05) is 13.6 Å². The van der Waals surface area contributed by atoms with Crippen molar-refractivity contribution < 1.29 is 39.9 Å². The molecule has 1 aliphatic heterocycles. The zero-order chi connectivity index (χ0) is 31.1. The average molecular weight is 615 g/mol. The molecule has 2 aromatic carbocycles. The van der Waals surface area contributed by atoms with Gasteiger partial charge in [-0.1, -0.05) is 44.2 Å². The van der Waals surface area contributed by atoms with Crippen LogP contribution in [0.15, 0.2) is 62.7 Å². The van der Waals surface area contributed by atoms with Gasteiger partial charge in [-0.05, 0) is 42.7 Å². The first-order chi connectivity index (χ1) is 19.5. The minimum Gasteiger partial charge on any atom is -0.453 e. The van der Waals surface area contributed by atoms with Gasteiger partial charge in [-0.2, -0.15) is 16.8 Å². The number of hydrogen-bond acceptors (Lipinski definition) is 8. The fourth-order valence-electron chi connectivity index (χ4n) is 4.91. The lowest BCUT2D eigenvalue weighted by molar-refractivity contribution is -0.122. The molecule has 2 aromatic rings. The van der Waals surface area contributed by atoms with E-state index in [1.165, 1.54) is 30.0 Å². The fraction of sp³-hybridized carbons (Fsp3) is 0.276. The highest BCUT2D eigenvalue weighted by Crippen LogP contribution is 2.45. The van der Waals surface area contributed by atoms with Crippen LogP contribution in [0.1, 0.15) is 42.6 Å². The van der Waals surface area contributed by atoms with Crippen LogP contribution in [0, 0.1) is 18.3 Å². The number of ketones is 1. The third-order valence-electron chi connectivity index (χ3n) is 7.01. The number of carbonyl (C=O) groups excluding carboxylic acids is 2. The lowest BCUT2D eigenvalue weighted by atomic mass is 9.90. The van der Waals surface area contributed by atoms with Crippen LogP contribution in [0.2, 0.25) is 0 Å². The molecule has 0 spiro atoms. The molecule has 42 heavy (non-hydrogen) atoms. The molecule has 0 aromatic heterocycles. The molecular formula is C29H30N2O9S2. The lowest BCUT2D eigenvalue weighted by Crippen LogP contribution is -2.28. The highest BCUT2D eigenvalue weighted by molar-refractivity contribution is 7.86. The van der Waals surface area contributed by atoms with Crippen LogP contribution in [0.3, 0.4) is 0 Å². The second kappa shape index (κ2) is 11.4. The van der Waals surface area contributed by atoms with Crippen molar-refractivity contribution in [1.82, 2.24) is 4.90 Å². The topological polar surface area (TPSA) is 183 Å². The molecule has 4 rings (SSSR count). The first-order valence-electron chi connectivity index (χ1n) is 12.9. The minimum atomic E-state index is -5.05. The Kier molecular flexibility index (Phi) is 8.43. The summed E-state index contributed by atoms with van der Waals surface area (Å²) in [6, 6.07) is 11.9. The summed E-state index contributed by atoms with van der Waals surface area (Å²) in [5, 5.41) is 7.67. The number of nitrogens with zero attached hydrogens (tertiary/aromatic N) is 1. The molecule has 0 fully saturated rings. The molecule has 0 bridgehead atoms. The Labute approximate surface area is 243 Å². The van der Waals surface area contributed by atoms with Gasteiger partial charge in [0.25, 0.3) is 26.1 Å². The van der Waals surface area contributed by atoms with E-state index in [4.69, 9.17) is 9.83 Å². The van der Waals surface area contributed by atoms with Crippen molar-refractivity contribution >= 4 is 42.9 Å². The molecule has 3 N–H and O–H groups in total. The first kappa shape index (κ1) is 31.0. The van der Waals surface area contributed by atoms with Crippen molar-refractivity contribution in [3.05, 3.63) is 65.0 Å². The molecule has 0 saturated heterocycles. The highest BCUT2D eigenvalue weighted by Gasteiger charge is 2.31. The number of benzene rings is 3. The molecule has 11 nitrogen and oxygen atoms in total. The van der Waals surface area contributed by atoms with Gasteiger partial charge in [-0.3, -0.25) is 24.1 Å². The van der Waals surface area contributed by atoms with Gasteiger partial charge in [0, 0.05) is 48.0 Å². The largest absolute Gasteiger partial charge is 0.453 e. The van der Waals surface area contributed by atoms with Gasteiger partial charge in [0.1, 0.15) is 10.7 Å². The standard InChI is InChI=1S/C29H30N2O9S2/c1-16(2)23(32)10-7-15-31(4)29(33)19-9-6-5-8-18(19)24-20-12-11-17(3)27(41(34,35)36)25(20)40-26-21(24)13-14-22(30)28(26)42(37,38)39/h5-6,8-9,11-14,16,30H,7,10,15H2,1-4H3,(H,34,35,36)(H,37,38,39). The summed E-state index contributed by atoms with van der Waals surface area (Å²) < 4.78 is 75.6. The Morgan fingerprint density at radius 3 is 2.19 bits per heavy atom. The molecule has 1 heterocycles. The van der Waals surface area contributed by atoms with Gasteiger partial charge < -0.3 is 9.32 Å². The van der Waals surface area contributed by atoms with Crippen LogP contribution >= 0.6 is 0 Å². The zero-order valence-electron chi connectivity index (χ0n) is 23.3. The van der Waals surface area contributed by atoms with E-state index in [0.717, 1.165) is 6.07 Å². The predicted molar refractivity (Wildman–Crippen MR) is 155 cm³/mol. The second-order valence-corrected chi connectivity index (χ2v) is 13.0. The molecule has 1 aliphatic carbocycles. The van der Waals surface area contributed by atoms with Crippen molar-refractivity contribution in [3.63, 3.8) is 0 Å². The van der Waals surface area contributed by atoms with Crippen LogP contribution in [-0.4, -0.2) is 56.1 Å². The summed E-state index contributed by atoms with van der Waals surface area (Å²) in [6.07, 6.45) is 0.747. The molecule has 0 saturated carbocycles. The summed E-state index contributed by atoms with van der Waals surface area (Å²) in [5.41, 5.74) is 0.395. The number of amides is 1. The first-order valence-corrected chi connectivity index (χ1v) is 15.8. The predicted octanol–water partition coefficient (Wildman–Crippen LogP) is 4.56. The van der Waals surface area contributed by atoms with E-state index < -0.39 is 52.6 Å². The molecule has 0 radical (unpaired) electrons. The van der Waals surface area contributed by atoms with Crippen LogP contribution in [0.25, 0.3) is 33.4 Å². The number of hydrogen-bond donors (Lipinski definition) is 3. The van der Waals surface area contributed by atoms with Crippen LogP contribution in [-0.2, 0) is 25.0 Å². The normalized spacial score (nSPS) is 12.3. The van der Waals surface area contributed by atoms with E-state index >= 15 is 0 Å². The summed E-state index contributed by atoms with van der Waals surface area (Å²) in [5.74, 6) is -0.981. The maximum Gasteiger partial charge on any atom is 0.300 e. The maximum atomic E-state index is 13.7. The van der Waals surface area contributed by atoms with Gasteiger partial charge in [0.2, 0.25) is 0 Å². The van der Waals surface area contributed by atoms with Gasteiger partial charge in [-0.25, -0.2) is 0 Å². The fourth-order valence-corrected chi connectivity index (χ4v) is 6.50. The lowest BCUT2D eigenvalue weighted by Gasteiger charge is -2.22. The Bertz CT molecular complexity index is 1980. The summed E-state index contributed by atoms with van der Waals surface area (Å²) in [7, 11) is -8.37. The molecule has 0 atom stereocenters. The second-order valence-electron chi connectivity index (χ2n) is 10.3. The average Bonchev–Trinajstić information content (AvgIpc) is 2.89. The number of aryl methyl sites for hydroxylation is 1. The van der Waals surface area contributed by atoms with E-state index in [0.29, 0.717) is 12.8 Å². The summed E-state index contributed by atoms with van der Waals surface area (Å²) in [6.45, 7) is 5.29. The third kappa shape index (κ3) is 5.86. The minimum absolute atomic E-state index is 0.0710. The van der Waals surface area contributed by atoms with Crippen molar-refractivity contribution in [2.24, 2.45) is 5.92 Å². The van der Waals surface area contributed by atoms with Crippen molar-refractivity contribution in [2.45, 2.75) is 43.4 Å². The van der Waals surface area contributed by atoms with Gasteiger partial charge in [0.15, 0.2) is 16.2 Å². The monoisotopic (exact) mass is 614 g/mol. The number of fused-ring (bicyclic) bond motifs is 2. The maximum absolute atomic E-state index is 13.7. The van der Waals surface area contributed by atoms with Crippen LogP contribution < -0.4 is 5.36 Å². The Morgan fingerprint density at radius 1 is 0.929 bits per heavy atom. The summed E-state index contributed by atoms with van der Waals surface area (Å²) in [4.78, 5) is 25.7. The quantitative estimate of drug-likeness (QED) is 0.180. The number of carbonyl (C=O) groups is 2. The van der Waals surface area contributed by atoms with E-state index in [1.807, 2.05) is 0 Å². The van der Waals surface area contributed by atoms with Gasteiger partial charge >= 0.3 is 0 Å². The number of rotatable bonds is 9. The van der Waals surface area contributed by atoms with Gasteiger partial charge in [0.05, 0.1) is 5.36 Å². The van der Waals surface area contributed by atoms with E-state index in [2.05, 4.69) is 0 Å². The van der Waals surface area contributed by atoms with Crippen LogP contribution in [0.5, 0.6) is 0 Å². The Hall–Kier alpha value is -3.91. The molecule has 13 heteroatoms. The molecular weight excluding hydrogens is 584 g/mol. The zero-order valence-corrected chi connectivity index (χ0v) is 25.0. The van der Waals surface area contributed by atoms with E-state index in [-0.39, 0.29) is 51.4 Å². The Morgan fingerprint density at radius 2 is 1.57 bits per heavy atom. The van der Waals surface area contributed by atoms with E-state index in [9.17, 15) is 35.5 Å². The van der Waals surface area contributed by atoms with Crippen molar-refractivity contribution in [1.29, 1.82) is 5.41 Å². The smallest absolute Gasteiger partial charge is 0.300 e.